The highest BCUT2D eigenvalue weighted by atomic mass is 19.4. The third kappa shape index (κ3) is 2.39. The smallest absolute Gasteiger partial charge is 0.384 e. The van der Waals surface area contributed by atoms with Gasteiger partial charge in [0, 0.05) is 17.8 Å². The molecule has 0 spiro atoms. The van der Waals surface area contributed by atoms with Crippen LogP contribution in [-0.4, -0.2) is 14.6 Å². The molecule has 0 saturated carbocycles. The summed E-state index contributed by atoms with van der Waals surface area (Å²) in [6.07, 6.45) is -1.92. The van der Waals surface area contributed by atoms with E-state index in [1.54, 1.807) is 0 Å². The number of alkyl halides is 3. The minimum atomic E-state index is -4.47. The van der Waals surface area contributed by atoms with Crippen LogP contribution in [0.5, 0.6) is 0 Å². The lowest BCUT2D eigenvalue weighted by atomic mass is 10.1. The Morgan fingerprint density at radius 3 is 2.57 bits per heavy atom. The van der Waals surface area contributed by atoms with Crippen molar-refractivity contribution in [2.24, 2.45) is 0 Å². The Labute approximate surface area is 115 Å². The fraction of sp³-hybridized carbons (Fsp3) is 0.0769. The summed E-state index contributed by atoms with van der Waals surface area (Å²) in [6, 6.07) is 4.34. The molecule has 0 aliphatic rings. The molecule has 0 fully saturated rings. The standard InChI is InChI=1S/C13H8F4N4/c14-11-3-7(4-12(18)20-11)9-6-19-21-2-1-8(5-10(9)21)13(15,16)17/h1-6H,(H2,18,20). The van der Waals surface area contributed by atoms with Crippen molar-refractivity contribution in [1.82, 2.24) is 14.6 Å². The van der Waals surface area contributed by atoms with Crippen molar-refractivity contribution in [2.45, 2.75) is 6.18 Å². The molecule has 0 radical (unpaired) electrons. The normalized spacial score (nSPS) is 12.0. The molecular weight excluding hydrogens is 288 g/mol. The summed E-state index contributed by atoms with van der Waals surface area (Å²) >= 11 is 0. The average molecular weight is 296 g/mol. The molecule has 108 valence electrons. The quantitative estimate of drug-likeness (QED) is 0.554. The van der Waals surface area contributed by atoms with Crippen LogP contribution in [0.15, 0.2) is 36.7 Å². The second kappa shape index (κ2) is 4.44. The van der Waals surface area contributed by atoms with Gasteiger partial charge in [0.1, 0.15) is 5.82 Å². The maximum Gasteiger partial charge on any atom is 0.416 e. The fourth-order valence-electron chi connectivity index (χ4n) is 2.05. The van der Waals surface area contributed by atoms with Crippen molar-refractivity contribution in [1.29, 1.82) is 0 Å². The minimum Gasteiger partial charge on any atom is -0.384 e. The van der Waals surface area contributed by atoms with E-state index in [0.29, 0.717) is 11.1 Å². The van der Waals surface area contributed by atoms with Crippen molar-refractivity contribution in [3.8, 4) is 11.1 Å². The monoisotopic (exact) mass is 296 g/mol. The fourth-order valence-corrected chi connectivity index (χ4v) is 2.05. The van der Waals surface area contributed by atoms with Crippen LogP contribution in [0.4, 0.5) is 23.4 Å². The number of halogens is 4. The molecule has 0 atom stereocenters. The van der Waals surface area contributed by atoms with E-state index in [-0.39, 0.29) is 11.3 Å². The van der Waals surface area contributed by atoms with Gasteiger partial charge in [0.25, 0.3) is 0 Å². The molecule has 0 unspecified atom stereocenters. The Kier molecular flexibility index (Phi) is 2.82. The highest BCUT2D eigenvalue weighted by Crippen LogP contribution is 2.32. The molecule has 0 bridgehead atoms. The Morgan fingerprint density at radius 2 is 1.90 bits per heavy atom. The lowest BCUT2D eigenvalue weighted by Gasteiger charge is -2.07. The van der Waals surface area contributed by atoms with E-state index in [1.807, 2.05) is 0 Å². The topological polar surface area (TPSA) is 56.2 Å². The molecule has 4 nitrogen and oxygen atoms in total. The van der Waals surface area contributed by atoms with E-state index in [4.69, 9.17) is 5.73 Å². The van der Waals surface area contributed by atoms with Crippen LogP contribution in [0.1, 0.15) is 5.56 Å². The summed E-state index contributed by atoms with van der Waals surface area (Å²) in [6.45, 7) is 0. The summed E-state index contributed by atoms with van der Waals surface area (Å²) in [7, 11) is 0. The van der Waals surface area contributed by atoms with Gasteiger partial charge in [-0.2, -0.15) is 22.7 Å². The molecule has 3 aromatic rings. The Balaban J connectivity index is 2.23. The van der Waals surface area contributed by atoms with Gasteiger partial charge >= 0.3 is 6.18 Å². The maximum absolute atomic E-state index is 13.3. The average Bonchev–Trinajstić information content (AvgIpc) is 2.79. The number of hydrogen-bond donors (Lipinski definition) is 1. The van der Waals surface area contributed by atoms with Gasteiger partial charge in [-0.3, -0.25) is 0 Å². The molecule has 21 heavy (non-hydrogen) atoms. The summed E-state index contributed by atoms with van der Waals surface area (Å²) in [5.41, 5.74) is 5.50. The number of nitrogens with two attached hydrogens (primary N) is 1. The zero-order chi connectivity index (χ0) is 15.2. The second-order valence-electron chi connectivity index (χ2n) is 4.40. The molecule has 0 aliphatic heterocycles. The zero-order valence-electron chi connectivity index (χ0n) is 10.4. The van der Waals surface area contributed by atoms with E-state index >= 15 is 0 Å². The second-order valence-corrected chi connectivity index (χ2v) is 4.40. The van der Waals surface area contributed by atoms with Gasteiger partial charge in [-0.25, -0.2) is 9.50 Å². The van der Waals surface area contributed by atoms with Gasteiger partial charge in [0.2, 0.25) is 5.95 Å². The number of aromatic nitrogens is 3. The van der Waals surface area contributed by atoms with E-state index in [1.165, 1.54) is 23.0 Å². The molecule has 0 aromatic carbocycles. The van der Waals surface area contributed by atoms with Gasteiger partial charge in [0.05, 0.1) is 17.3 Å². The van der Waals surface area contributed by atoms with Gasteiger partial charge < -0.3 is 5.73 Å². The summed E-state index contributed by atoms with van der Waals surface area (Å²) in [5.74, 6) is -0.868. The van der Waals surface area contributed by atoms with Crippen LogP contribution in [0, 0.1) is 5.95 Å². The highest BCUT2D eigenvalue weighted by molar-refractivity contribution is 5.81. The summed E-state index contributed by atoms with van der Waals surface area (Å²) < 4.78 is 52.9. The highest BCUT2D eigenvalue weighted by Gasteiger charge is 2.31. The third-order valence-corrected chi connectivity index (χ3v) is 2.97. The first kappa shape index (κ1) is 13.3. The lowest BCUT2D eigenvalue weighted by molar-refractivity contribution is -0.137. The van der Waals surface area contributed by atoms with Crippen LogP contribution < -0.4 is 5.73 Å². The van der Waals surface area contributed by atoms with Crippen molar-refractivity contribution in [2.75, 3.05) is 5.73 Å². The van der Waals surface area contributed by atoms with Crippen LogP contribution in [0.25, 0.3) is 16.6 Å². The third-order valence-electron chi connectivity index (χ3n) is 2.97. The summed E-state index contributed by atoms with van der Waals surface area (Å²) in [5, 5.41) is 3.94. The molecule has 0 amide bonds. The van der Waals surface area contributed by atoms with Crippen LogP contribution in [-0.2, 0) is 6.18 Å². The molecule has 8 heteroatoms. The van der Waals surface area contributed by atoms with Gasteiger partial charge in [0.15, 0.2) is 0 Å². The van der Waals surface area contributed by atoms with Crippen LogP contribution >= 0.6 is 0 Å². The molecule has 3 aromatic heterocycles. The maximum atomic E-state index is 13.3. The molecule has 3 rings (SSSR count). The van der Waals surface area contributed by atoms with E-state index in [0.717, 1.165) is 18.2 Å². The number of anilines is 1. The number of nitrogens with zero attached hydrogens (tertiary/aromatic N) is 3. The number of pyridine rings is 2. The Bertz CT molecular complexity index is 802. The minimum absolute atomic E-state index is 0.0590. The molecule has 0 aliphatic carbocycles. The molecule has 2 N–H and O–H groups in total. The number of rotatable bonds is 1. The van der Waals surface area contributed by atoms with Crippen molar-refractivity contribution in [3.63, 3.8) is 0 Å². The largest absolute Gasteiger partial charge is 0.416 e. The lowest BCUT2D eigenvalue weighted by Crippen LogP contribution is -2.05. The Hall–Kier alpha value is -2.64. The first-order valence-electron chi connectivity index (χ1n) is 5.82. The predicted octanol–water partition coefficient (Wildman–Crippen LogP) is 3.14. The van der Waals surface area contributed by atoms with Crippen LogP contribution in [0.2, 0.25) is 0 Å². The van der Waals surface area contributed by atoms with Crippen molar-refractivity contribution < 1.29 is 17.6 Å². The number of hydrogen-bond acceptors (Lipinski definition) is 3. The van der Waals surface area contributed by atoms with E-state index in [9.17, 15) is 17.6 Å². The predicted molar refractivity (Wildman–Crippen MR) is 67.8 cm³/mol. The zero-order valence-corrected chi connectivity index (χ0v) is 10.4. The SMILES string of the molecule is Nc1cc(-c2cnn3ccc(C(F)(F)F)cc23)cc(F)n1. The van der Waals surface area contributed by atoms with Crippen molar-refractivity contribution >= 4 is 11.3 Å². The molecule has 3 heterocycles. The molecule has 0 saturated heterocycles. The van der Waals surface area contributed by atoms with Crippen LogP contribution in [0.3, 0.4) is 0 Å². The van der Waals surface area contributed by atoms with Gasteiger partial charge in [-0.05, 0) is 23.8 Å². The van der Waals surface area contributed by atoms with Gasteiger partial charge in [-0.15, -0.1) is 0 Å². The number of fused-ring (bicyclic) bond motifs is 1. The summed E-state index contributed by atoms with van der Waals surface area (Å²) in [4.78, 5) is 3.38. The van der Waals surface area contributed by atoms with Crippen molar-refractivity contribution in [3.05, 3.63) is 48.2 Å². The first-order valence-corrected chi connectivity index (χ1v) is 5.82. The van der Waals surface area contributed by atoms with E-state index < -0.39 is 17.7 Å². The molecular formula is C13H8F4N4. The first-order chi connectivity index (χ1) is 9.84. The van der Waals surface area contributed by atoms with E-state index in [2.05, 4.69) is 10.1 Å². The Morgan fingerprint density at radius 1 is 1.14 bits per heavy atom. The van der Waals surface area contributed by atoms with Gasteiger partial charge in [-0.1, -0.05) is 0 Å². The number of nitrogen functional groups attached to an aromatic ring is 1.